The first-order chi connectivity index (χ1) is 25.5. The number of hydrogen-bond acceptors (Lipinski definition) is 3. The molecule has 6 heteroatoms. The second kappa shape index (κ2) is 12.3. The molecule has 7 aromatic rings. The number of para-hydroxylation sites is 2. The highest BCUT2D eigenvalue weighted by molar-refractivity contribution is 6.07. The molecule has 0 spiro atoms. The highest BCUT2D eigenvalue weighted by Gasteiger charge is 2.68. The van der Waals surface area contributed by atoms with Crippen molar-refractivity contribution in [2.24, 2.45) is 0 Å². The summed E-state index contributed by atoms with van der Waals surface area (Å²) in [5, 5.41) is 15.0. The van der Waals surface area contributed by atoms with Crippen molar-refractivity contribution < 1.29 is 8.78 Å². The van der Waals surface area contributed by atoms with Crippen LogP contribution in [0.25, 0.3) is 26.4 Å². The fourth-order valence-corrected chi connectivity index (χ4v) is 8.42. The third-order valence-electron chi connectivity index (χ3n) is 11.0. The zero-order chi connectivity index (χ0) is 37.1. The third kappa shape index (κ3) is 4.83. The monoisotopic (exact) mass is 694 g/mol. The molecule has 1 aliphatic carbocycles. The lowest BCUT2D eigenvalue weighted by atomic mass is 9.76. The Morgan fingerprint density at radius 3 is 1.40 bits per heavy atom. The summed E-state index contributed by atoms with van der Waals surface area (Å²) in [5.41, 5.74) is 0.562. The maximum absolute atomic E-state index is 17.6. The van der Waals surface area contributed by atoms with Crippen LogP contribution in [0, 0.1) is 17.9 Å². The van der Waals surface area contributed by atoms with Gasteiger partial charge in [0.15, 0.2) is 0 Å². The second-order valence-electron chi connectivity index (χ2n) is 14.6. The van der Waals surface area contributed by atoms with E-state index in [2.05, 4.69) is 10.9 Å². The summed E-state index contributed by atoms with van der Waals surface area (Å²) in [5.74, 6) is -3.30. The molecule has 0 atom stereocenters. The zero-order valence-electron chi connectivity index (χ0n) is 29.9. The van der Waals surface area contributed by atoms with E-state index in [4.69, 9.17) is 6.57 Å². The van der Waals surface area contributed by atoms with Crippen molar-refractivity contribution in [3.8, 4) is 6.07 Å². The van der Waals surface area contributed by atoms with Crippen LogP contribution >= 0.6 is 0 Å². The molecule has 0 radical (unpaired) electrons. The van der Waals surface area contributed by atoms with Gasteiger partial charge < -0.3 is 9.80 Å². The van der Waals surface area contributed by atoms with Gasteiger partial charge in [0.05, 0.1) is 51.8 Å². The van der Waals surface area contributed by atoms with Crippen LogP contribution in [0.15, 0.2) is 146 Å². The summed E-state index contributed by atoms with van der Waals surface area (Å²) >= 11 is 0. The van der Waals surface area contributed by atoms with E-state index in [-0.39, 0.29) is 11.3 Å². The SMILES string of the molecule is [C-]#[N+]c1c(C#N)c(N(c2ccccc2)c2cccc3ccccc23)c2c(c1N(c1ccccc1)c1cccc3ccccc13)C(C)(C)C(F)(F)C2(C)C. The summed E-state index contributed by atoms with van der Waals surface area (Å²) in [6.45, 7) is 15.1. The smallest absolute Gasteiger partial charge is 0.266 e. The lowest BCUT2D eigenvalue weighted by molar-refractivity contribution is -0.105. The van der Waals surface area contributed by atoms with E-state index in [1.165, 1.54) is 0 Å². The largest absolute Gasteiger partial charge is 0.319 e. The predicted octanol–water partition coefficient (Wildman–Crippen LogP) is 13.6. The fraction of sp³-hybridized carbons (Fsp3) is 0.149. The molecule has 0 aromatic heterocycles. The fourth-order valence-electron chi connectivity index (χ4n) is 8.42. The van der Waals surface area contributed by atoms with E-state index >= 15 is 8.78 Å². The molecule has 0 heterocycles. The van der Waals surface area contributed by atoms with Crippen LogP contribution in [-0.4, -0.2) is 5.92 Å². The summed E-state index contributed by atoms with van der Waals surface area (Å²) < 4.78 is 35.1. The van der Waals surface area contributed by atoms with Crippen molar-refractivity contribution in [3.63, 3.8) is 0 Å². The van der Waals surface area contributed by atoms with Gasteiger partial charge in [-0.15, -0.1) is 0 Å². The summed E-state index contributed by atoms with van der Waals surface area (Å²) in [7, 11) is 0. The summed E-state index contributed by atoms with van der Waals surface area (Å²) in [4.78, 5) is 7.98. The van der Waals surface area contributed by atoms with Crippen molar-refractivity contribution in [1.82, 2.24) is 0 Å². The number of hydrogen-bond donors (Lipinski definition) is 0. The number of anilines is 6. The van der Waals surface area contributed by atoms with E-state index < -0.39 is 16.8 Å². The standard InChI is InChI=1S/C47H36F2N4/c1-45(2)40-41(46(3,4)47(45,48)49)44(53(34-24-10-7-11-25-34)39-29-17-21-32-19-13-15-27-36(32)39)42(51-5)37(30-50)43(40)52(33-22-8-6-9-23-33)38-28-16-20-31-18-12-14-26-35(31)38/h6-29H,1-4H3. The van der Waals surface area contributed by atoms with Crippen molar-refractivity contribution in [2.75, 3.05) is 9.80 Å². The number of fused-ring (bicyclic) bond motifs is 3. The van der Waals surface area contributed by atoms with Gasteiger partial charge in [0.2, 0.25) is 5.69 Å². The first-order valence-corrected chi connectivity index (χ1v) is 17.6. The minimum atomic E-state index is -3.30. The minimum Gasteiger partial charge on any atom is -0.319 e. The molecule has 8 rings (SSSR count). The van der Waals surface area contributed by atoms with Crippen molar-refractivity contribution in [2.45, 2.75) is 44.4 Å². The molecule has 0 N–H and O–H groups in total. The van der Waals surface area contributed by atoms with Gasteiger partial charge in [0.25, 0.3) is 5.92 Å². The molecule has 0 saturated carbocycles. The maximum Gasteiger partial charge on any atom is 0.266 e. The van der Waals surface area contributed by atoms with Crippen molar-refractivity contribution in [1.29, 1.82) is 5.26 Å². The Morgan fingerprint density at radius 2 is 0.943 bits per heavy atom. The van der Waals surface area contributed by atoms with Gasteiger partial charge in [-0.25, -0.2) is 13.6 Å². The highest BCUT2D eigenvalue weighted by Crippen LogP contribution is 2.68. The van der Waals surface area contributed by atoms with Gasteiger partial charge in [0.1, 0.15) is 0 Å². The molecule has 1 aliphatic rings. The first-order valence-electron chi connectivity index (χ1n) is 17.6. The number of nitriles is 1. The van der Waals surface area contributed by atoms with E-state index in [1.54, 1.807) is 27.7 Å². The Labute approximate surface area is 308 Å². The quantitative estimate of drug-likeness (QED) is 0.163. The van der Waals surface area contributed by atoms with Crippen LogP contribution < -0.4 is 9.80 Å². The molecular formula is C47H36F2N4. The minimum absolute atomic E-state index is 0.0146. The molecule has 258 valence electrons. The average molecular weight is 695 g/mol. The molecule has 0 aliphatic heterocycles. The van der Waals surface area contributed by atoms with Crippen LogP contribution in [0.2, 0.25) is 0 Å². The molecule has 7 aromatic carbocycles. The van der Waals surface area contributed by atoms with Crippen LogP contribution in [0.5, 0.6) is 0 Å². The van der Waals surface area contributed by atoms with Crippen LogP contribution in [-0.2, 0) is 10.8 Å². The predicted molar refractivity (Wildman–Crippen MR) is 213 cm³/mol. The molecule has 0 saturated heterocycles. The van der Waals surface area contributed by atoms with E-state index in [1.807, 2.05) is 155 Å². The Balaban J connectivity index is 1.61. The van der Waals surface area contributed by atoms with Gasteiger partial charge in [-0.1, -0.05) is 109 Å². The number of rotatable bonds is 6. The van der Waals surface area contributed by atoms with Gasteiger partial charge in [-0.05, 0) is 86.0 Å². The Morgan fingerprint density at radius 1 is 0.547 bits per heavy atom. The van der Waals surface area contributed by atoms with Gasteiger partial charge in [-0.2, -0.15) is 5.26 Å². The topological polar surface area (TPSA) is 34.6 Å². The average Bonchev–Trinajstić information content (AvgIpc) is 3.29. The number of halogens is 2. The maximum atomic E-state index is 17.6. The van der Waals surface area contributed by atoms with Gasteiger partial charge in [-0.3, -0.25) is 0 Å². The third-order valence-corrected chi connectivity index (χ3v) is 11.0. The van der Waals surface area contributed by atoms with Crippen LogP contribution in [0.4, 0.5) is 48.6 Å². The lowest BCUT2D eigenvalue weighted by Crippen LogP contribution is -2.46. The normalized spacial score (nSPS) is 15.0. The Bertz CT molecular complexity index is 2440. The Hall–Kier alpha value is -6.50. The molecule has 0 amide bonds. The molecule has 0 unspecified atom stereocenters. The lowest BCUT2D eigenvalue weighted by Gasteiger charge is -2.37. The van der Waals surface area contributed by atoms with Gasteiger partial charge >= 0.3 is 0 Å². The molecule has 0 fully saturated rings. The van der Waals surface area contributed by atoms with E-state index in [9.17, 15) is 5.26 Å². The Kier molecular flexibility index (Phi) is 7.82. The second-order valence-corrected chi connectivity index (χ2v) is 14.6. The summed E-state index contributed by atoms with van der Waals surface area (Å²) in [6, 6.07) is 49.1. The van der Waals surface area contributed by atoms with Gasteiger partial charge in [0, 0.05) is 22.1 Å². The summed E-state index contributed by atoms with van der Waals surface area (Å²) in [6.07, 6.45) is 0. The molecule has 53 heavy (non-hydrogen) atoms. The van der Waals surface area contributed by atoms with Crippen molar-refractivity contribution in [3.05, 3.63) is 174 Å². The van der Waals surface area contributed by atoms with E-state index in [0.717, 1.165) is 32.9 Å². The van der Waals surface area contributed by atoms with Crippen molar-refractivity contribution >= 4 is 61.4 Å². The molecule has 4 nitrogen and oxygen atoms in total. The number of alkyl halides is 2. The van der Waals surface area contributed by atoms with E-state index in [0.29, 0.717) is 33.9 Å². The number of nitrogens with zero attached hydrogens (tertiary/aromatic N) is 4. The molecule has 0 bridgehead atoms. The van der Waals surface area contributed by atoms with Crippen LogP contribution in [0.3, 0.4) is 0 Å². The molecular weight excluding hydrogens is 659 g/mol. The first kappa shape index (κ1) is 33.6. The van der Waals surface area contributed by atoms with Crippen LogP contribution in [0.1, 0.15) is 44.4 Å². The zero-order valence-corrected chi connectivity index (χ0v) is 29.9. The highest BCUT2D eigenvalue weighted by atomic mass is 19.3. The number of benzene rings is 7.